The van der Waals surface area contributed by atoms with Gasteiger partial charge < -0.3 is 28.8 Å². The number of hydrogen-bond donors (Lipinski definition) is 1. The number of piperazine rings is 1. The number of rotatable bonds is 9. The maximum Gasteiger partial charge on any atom is 0.410 e. The van der Waals surface area contributed by atoms with Crippen LogP contribution in [0.1, 0.15) is 41.6 Å². The van der Waals surface area contributed by atoms with Crippen molar-refractivity contribution in [3.63, 3.8) is 0 Å². The average molecular weight is 621 g/mol. The predicted octanol–water partition coefficient (Wildman–Crippen LogP) is 6.23. The largest absolute Gasteiger partial charge is 0.460 e. The molecule has 1 aliphatic rings. The van der Waals surface area contributed by atoms with Crippen molar-refractivity contribution in [3.8, 4) is 11.3 Å². The van der Waals surface area contributed by atoms with E-state index in [1.807, 2.05) is 35.2 Å². The topological polar surface area (TPSA) is 136 Å². The Balaban J connectivity index is 1.38. The smallest absolute Gasteiger partial charge is 0.410 e. The first kappa shape index (κ1) is 29.2. The van der Waals surface area contributed by atoms with Crippen LogP contribution in [0.15, 0.2) is 83.3 Å². The Labute approximate surface area is 259 Å². The van der Waals surface area contributed by atoms with Gasteiger partial charge in [0.2, 0.25) is 5.76 Å². The molecule has 4 aromatic rings. The Bertz CT molecular complexity index is 1690. The first-order chi connectivity index (χ1) is 21.6. The highest BCUT2D eigenvalue weighted by Crippen LogP contribution is 2.38. The molecule has 0 saturated carbocycles. The Morgan fingerprint density at radius 3 is 2.39 bits per heavy atom. The highest BCUT2D eigenvalue weighted by atomic mass is 35.5. The highest BCUT2D eigenvalue weighted by Gasteiger charge is 2.31. The normalized spacial score (nSPS) is 14.8. The number of furan rings is 1. The monoisotopic (exact) mass is 620 g/mol. The summed E-state index contributed by atoms with van der Waals surface area (Å²) in [4.78, 5) is 40.3. The molecule has 1 amide bonds. The van der Waals surface area contributed by atoms with Gasteiger partial charge in [-0.2, -0.15) is 0 Å². The van der Waals surface area contributed by atoms with Crippen LogP contribution in [0.3, 0.4) is 0 Å². The maximum atomic E-state index is 12.8. The molecule has 1 atom stereocenters. The van der Waals surface area contributed by atoms with E-state index in [9.17, 15) is 24.8 Å². The maximum absolute atomic E-state index is 12.8. The number of carbonyl (C=O) groups excluding carboxylic acids is 2. The van der Waals surface area contributed by atoms with Gasteiger partial charge in [0.15, 0.2) is 0 Å². The molecule has 0 spiro atoms. The molecule has 228 valence electrons. The van der Waals surface area contributed by atoms with Crippen molar-refractivity contribution in [2.75, 3.05) is 37.7 Å². The number of esters is 1. The van der Waals surface area contributed by atoms with E-state index >= 15 is 0 Å². The van der Waals surface area contributed by atoms with Gasteiger partial charge in [0, 0.05) is 54.1 Å². The summed E-state index contributed by atoms with van der Waals surface area (Å²) in [5.41, 5.74) is 0.631. The minimum atomic E-state index is -2.77. The van der Waals surface area contributed by atoms with Crippen molar-refractivity contribution in [1.29, 1.82) is 0 Å². The molecule has 11 nitrogen and oxygen atoms in total. The number of nitro groups is 1. The molecular weight excluding hydrogens is 590 g/mol. The summed E-state index contributed by atoms with van der Waals surface area (Å²) in [5.74, 6) is -1.25. The fourth-order valence-corrected chi connectivity index (χ4v) is 4.97. The summed E-state index contributed by atoms with van der Waals surface area (Å²) in [5, 5.41) is 24.2. The molecule has 44 heavy (non-hydrogen) atoms. The third kappa shape index (κ3) is 6.85. The zero-order chi connectivity index (χ0) is 32.1. The van der Waals surface area contributed by atoms with Crippen LogP contribution < -0.4 is 4.90 Å². The van der Waals surface area contributed by atoms with Crippen LogP contribution in [0.2, 0.25) is 5.02 Å². The fraction of sp³-hybridized carbons (Fsp3) is 0.250. The summed E-state index contributed by atoms with van der Waals surface area (Å²) in [7, 11) is 0. The van der Waals surface area contributed by atoms with Crippen molar-refractivity contribution in [3.05, 3.63) is 116 Å². The van der Waals surface area contributed by atoms with E-state index in [1.165, 1.54) is 18.2 Å². The van der Waals surface area contributed by atoms with Crippen molar-refractivity contribution in [2.24, 2.45) is 0 Å². The molecule has 1 aliphatic heterocycles. The number of ether oxygens (including phenoxy) is 2. The first-order valence-corrected chi connectivity index (χ1v) is 14.3. The number of nitrogens with zero attached hydrogens (tertiary/aromatic N) is 3. The van der Waals surface area contributed by atoms with Crippen LogP contribution in [-0.2, 0) is 16.1 Å². The fourth-order valence-electron chi connectivity index (χ4n) is 4.84. The Morgan fingerprint density at radius 2 is 1.73 bits per heavy atom. The van der Waals surface area contributed by atoms with E-state index < -0.39 is 34.5 Å². The van der Waals surface area contributed by atoms with Gasteiger partial charge in [-0.3, -0.25) is 10.1 Å². The molecule has 12 heteroatoms. The van der Waals surface area contributed by atoms with Gasteiger partial charge in [-0.1, -0.05) is 41.9 Å². The number of anilines is 1. The van der Waals surface area contributed by atoms with Crippen molar-refractivity contribution in [1.82, 2.24) is 4.90 Å². The summed E-state index contributed by atoms with van der Waals surface area (Å²) in [6.07, 6.45) is -3.21. The molecule has 0 aliphatic carbocycles. The van der Waals surface area contributed by atoms with Gasteiger partial charge in [0.05, 0.1) is 18.5 Å². The van der Waals surface area contributed by atoms with E-state index in [1.54, 1.807) is 42.2 Å². The van der Waals surface area contributed by atoms with Gasteiger partial charge in [-0.15, -0.1) is 0 Å². The Morgan fingerprint density at radius 1 is 1.02 bits per heavy atom. The quantitative estimate of drug-likeness (QED) is 0.131. The van der Waals surface area contributed by atoms with Gasteiger partial charge in [-0.25, -0.2) is 9.59 Å². The summed E-state index contributed by atoms with van der Waals surface area (Å²) < 4.78 is 25.1. The van der Waals surface area contributed by atoms with E-state index in [-0.39, 0.29) is 30.1 Å². The van der Waals surface area contributed by atoms with Gasteiger partial charge >= 0.3 is 12.1 Å². The van der Waals surface area contributed by atoms with Crippen LogP contribution in [0.4, 0.5) is 16.2 Å². The number of benzene rings is 3. The highest BCUT2D eigenvalue weighted by molar-refractivity contribution is 6.30. The van der Waals surface area contributed by atoms with E-state index in [4.69, 9.17) is 26.9 Å². The second-order valence-corrected chi connectivity index (χ2v) is 10.3. The van der Waals surface area contributed by atoms with Crippen LogP contribution >= 0.6 is 11.6 Å². The standard InChI is InChI=1S/C32H30ClN3O8/c1-2-42-31(38)30-26(19-28(44-30)22-8-10-23(33)11-9-22)29(37)25-13-12-24(18-27(25)36(40)41)34-14-16-35(17-15-34)32(39)43-20-21-6-4-3-5-7-21/h3-13,18-19,29,37H,2,14-17,20H2,1H3/i29D. The van der Waals surface area contributed by atoms with Crippen LogP contribution in [0.25, 0.3) is 11.3 Å². The Kier molecular flexibility index (Phi) is 9.04. The number of nitro benzene ring substituents is 1. The lowest BCUT2D eigenvalue weighted by Crippen LogP contribution is -2.49. The molecule has 1 saturated heterocycles. The van der Waals surface area contributed by atoms with Gasteiger partial charge in [0.1, 0.15) is 18.4 Å². The average Bonchev–Trinajstić information content (AvgIpc) is 3.51. The number of aliphatic hydroxyl groups is 1. The number of hydrogen-bond acceptors (Lipinski definition) is 9. The number of amides is 1. The SMILES string of the molecule is [2H]C(O)(c1ccc(N2CCN(C(=O)OCc3ccccc3)CC2)cc1[N+](=O)[O-])c1cc(-c2ccc(Cl)cc2)oc1C(=O)OCC. The van der Waals surface area contributed by atoms with E-state index in [0.717, 1.165) is 5.56 Å². The number of carbonyl (C=O) groups is 2. The van der Waals surface area contributed by atoms with Crippen molar-refractivity contribution >= 4 is 35.0 Å². The molecule has 0 radical (unpaired) electrons. The lowest BCUT2D eigenvalue weighted by molar-refractivity contribution is -0.386. The second-order valence-electron chi connectivity index (χ2n) is 9.90. The zero-order valence-electron chi connectivity index (χ0n) is 24.8. The molecule has 1 aromatic heterocycles. The molecule has 1 unspecified atom stereocenters. The first-order valence-electron chi connectivity index (χ1n) is 14.4. The van der Waals surface area contributed by atoms with Crippen LogP contribution in [0, 0.1) is 10.1 Å². The summed E-state index contributed by atoms with van der Waals surface area (Å²) in [6, 6.07) is 21.2. The minimum absolute atomic E-state index is 0.00145. The van der Waals surface area contributed by atoms with E-state index in [2.05, 4.69) is 0 Å². The van der Waals surface area contributed by atoms with Gasteiger partial charge in [-0.05, 0) is 55.0 Å². The van der Waals surface area contributed by atoms with Gasteiger partial charge in [0.25, 0.3) is 5.69 Å². The summed E-state index contributed by atoms with van der Waals surface area (Å²) >= 11 is 5.99. The lowest BCUT2D eigenvalue weighted by atomic mass is 9.98. The van der Waals surface area contributed by atoms with Crippen molar-refractivity contribution in [2.45, 2.75) is 19.6 Å². The van der Waals surface area contributed by atoms with Crippen LogP contribution in [0.5, 0.6) is 0 Å². The zero-order valence-corrected chi connectivity index (χ0v) is 24.5. The van der Waals surface area contributed by atoms with Crippen molar-refractivity contribution < 1.29 is 34.9 Å². The molecule has 0 bridgehead atoms. The predicted molar refractivity (Wildman–Crippen MR) is 163 cm³/mol. The summed E-state index contributed by atoms with van der Waals surface area (Å²) in [6.45, 7) is 3.15. The van der Waals surface area contributed by atoms with Crippen LogP contribution in [-0.4, -0.2) is 59.8 Å². The molecule has 2 heterocycles. The minimum Gasteiger partial charge on any atom is -0.460 e. The Hall–Kier alpha value is -4.87. The van der Waals surface area contributed by atoms with E-state index in [0.29, 0.717) is 42.5 Å². The molecule has 5 rings (SSSR count). The second kappa shape index (κ2) is 13.6. The molecule has 1 N–H and O–H groups in total. The molecular formula is C32H30ClN3O8. The third-order valence-electron chi connectivity index (χ3n) is 7.12. The number of halogens is 1. The lowest BCUT2D eigenvalue weighted by Gasteiger charge is -2.35. The third-order valence-corrected chi connectivity index (χ3v) is 7.37. The molecule has 1 fully saturated rings. The molecule has 3 aromatic carbocycles.